The van der Waals surface area contributed by atoms with Crippen LogP contribution in [0.4, 0.5) is 5.69 Å². The fourth-order valence-corrected chi connectivity index (χ4v) is 3.64. The van der Waals surface area contributed by atoms with Crippen molar-refractivity contribution in [2.24, 2.45) is 0 Å². The maximum Gasteiger partial charge on any atom is 0.231 e. The second-order valence-corrected chi connectivity index (χ2v) is 6.66. The number of hydrogen-bond donors (Lipinski definition) is 2. The number of nitrogens with zero attached hydrogens (tertiary/aromatic N) is 1. The first-order valence-corrected chi connectivity index (χ1v) is 8.53. The van der Waals surface area contributed by atoms with E-state index in [1.54, 1.807) is 0 Å². The molecule has 1 amide bonds. The van der Waals surface area contributed by atoms with E-state index in [2.05, 4.69) is 46.7 Å². The Morgan fingerprint density at radius 1 is 1.08 bits per heavy atom. The number of aryl methyl sites for hydroxylation is 1. The van der Waals surface area contributed by atoms with Gasteiger partial charge in [0, 0.05) is 29.7 Å². The minimum absolute atomic E-state index is 0.0163. The van der Waals surface area contributed by atoms with E-state index in [0.29, 0.717) is 17.9 Å². The van der Waals surface area contributed by atoms with Crippen LogP contribution in [-0.4, -0.2) is 22.9 Å². The van der Waals surface area contributed by atoms with Crippen LogP contribution < -0.4 is 14.8 Å². The molecule has 1 unspecified atom stereocenters. The predicted molar refractivity (Wildman–Crippen MR) is 96.4 cm³/mol. The van der Waals surface area contributed by atoms with Crippen molar-refractivity contribution in [1.82, 2.24) is 10.2 Å². The average molecular weight is 347 g/mol. The molecule has 0 bridgehead atoms. The van der Waals surface area contributed by atoms with Crippen LogP contribution in [0.5, 0.6) is 11.5 Å². The number of rotatable bonds is 2. The zero-order chi connectivity index (χ0) is 17.7. The van der Waals surface area contributed by atoms with Crippen LogP contribution in [0.25, 0.3) is 11.3 Å². The normalized spacial score (nSPS) is 17.7. The minimum Gasteiger partial charge on any atom is -0.454 e. The first-order chi connectivity index (χ1) is 12.7. The Bertz CT molecular complexity index is 1010. The molecule has 3 aromatic rings. The molecule has 6 heteroatoms. The molecule has 3 heterocycles. The van der Waals surface area contributed by atoms with Gasteiger partial charge in [0.2, 0.25) is 12.7 Å². The van der Waals surface area contributed by atoms with Gasteiger partial charge in [-0.15, -0.1) is 0 Å². The summed E-state index contributed by atoms with van der Waals surface area (Å²) < 4.78 is 11.0. The number of aromatic amines is 1. The first-order valence-electron chi connectivity index (χ1n) is 8.53. The molecule has 0 aliphatic carbocycles. The minimum atomic E-state index is -0.0942. The Kier molecular flexibility index (Phi) is 3.25. The molecule has 0 spiro atoms. The van der Waals surface area contributed by atoms with E-state index in [4.69, 9.17) is 9.47 Å². The zero-order valence-corrected chi connectivity index (χ0v) is 14.2. The van der Waals surface area contributed by atoms with Crippen molar-refractivity contribution in [1.29, 1.82) is 0 Å². The molecular formula is C20H17N3O3. The van der Waals surface area contributed by atoms with Gasteiger partial charge >= 0.3 is 0 Å². The van der Waals surface area contributed by atoms with E-state index < -0.39 is 0 Å². The molecule has 2 aromatic carbocycles. The molecule has 1 aromatic heterocycles. The number of carbonyl (C=O) groups is 1. The summed E-state index contributed by atoms with van der Waals surface area (Å²) in [4.78, 5) is 12.3. The number of aromatic nitrogens is 2. The van der Waals surface area contributed by atoms with Gasteiger partial charge in [0.15, 0.2) is 11.5 Å². The first kappa shape index (κ1) is 15.0. The smallest absolute Gasteiger partial charge is 0.231 e. The van der Waals surface area contributed by atoms with Crippen LogP contribution in [0.2, 0.25) is 0 Å². The van der Waals surface area contributed by atoms with Gasteiger partial charge in [0.25, 0.3) is 0 Å². The number of nitrogens with one attached hydrogen (secondary N) is 2. The average Bonchev–Trinajstić information content (AvgIpc) is 3.28. The summed E-state index contributed by atoms with van der Waals surface area (Å²) in [5, 5.41) is 10.3. The van der Waals surface area contributed by atoms with Crippen molar-refractivity contribution in [3.05, 3.63) is 59.3 Å². The number of anilines is 1. The molecule has 0 saturated heterocycles. The monoisotopic (exact) mass is 347 g/mol. The van der Waals surface area contributed by atoms with Crippen molar-refractivity contribution in [3.8, 4) is 22.8 Å². The molecule has 2 N–H and O–H groups in total. The lowest BCUT2D eigenvalue weighted by Crippen LogP contribution is -2.23. The molecule has 26 heavy (non-hydrogen) atoms. The van der Waals surface area contributed by atoms with Crippen molar-refractivity contribution in [3.63, 3.8) is 0 Å². The molecule has 0 fully saturated rings. The van der Waals surface area contributed by atoms with E-state index in [1.807, 2.05) is 18.3 Å². The number of benzene rings is 2. The third kappa shape index (κ3) is 2.34. The summed E-state index contributed by atoms with van der Waals surface area (Å²) >= 11 is 0. The summed E-state index contributed by atoms with van der Waals surface area (Å²) in [6.45, 7) is 2.26. The lowest BCUT2D eigenvalue weighted by Gasteiger charge is -2.26. The van der Waals surface area contributed by atoms with Gasteiger partial charge in [0.05, 0.1) is 11.9 Å². The van der Waals surface area contributed by atoms with Crippen LogP contribution in [0.1, 0.15) is 29.0 Å². The number of ether oxygens (including phenoxy) is 2. The highest BCUT2D eigenvalue weighted by Gasteiger charge is 2.32. The summed E-state index contributed by atoms with van der Waals surface area (Å²) in [5.74, 6) is 1.27. The standard InChI is InChI=1S/C20H17N3O3/c1-11-2-4-12(5-3-11)20-15(9-21-23-20)13-7-19(24)22-16-8-18-17(6-14(13)16)25-10-26-18/h2-6,8-9,13H,7,10H2,1H3,(H,21,23)(H,22,24). The van der Waals surface area contributed by atoms with Gasteiger partial charge in [-0.1, -0.05) is 29.8 Å². The van der Waals surface area contributed by atoms with E-state index in [1.165, 1.54) is 5.56 Å². The van der Waals surface area contributed by atoms with Crippen LogP contribution in [0, 0.1) is 6.92 Å². The quantitative estimate of drug-likeness (QED) is 0.743. The van der Waals surface area contributed by atoms with Gasteiger partial charge < -0.3 is 14.8 Å². The number of amides is 1. The highest BCUT2D eigenvalue weighted by Crippen LogP contribution is 2.46. The van der Waals surface area contributed by atoms with Gasteiger partial charge in [0.1, 0.15) is 0 Å². The lowest BCUT2D eigenvalue weighted by molar-refractivity contribution is -0.116. The summed E-state index contributed by atoms with van der Waals surface area (Å²) in [5.41, 5.74) is 5.98. The highest BCUT2D eigenvalue weighted by atomic mass is 16.7. The third-order valence-electron chi connectivity index (χ3n) is 4.97. The number of H-pyrrole nitrogens is 1. The van der Waals surface area contributed by atoms with E-state index in [-0.39, 0.29) is 18.6 Å². The van der Waals surface area contributed by atoms with E-state index in [9.17, 15) is 4.79 Å². The Morgan fingerprint density at radius 3 is 2.65 bits per heavy atom. The molecule has 0 saturated carbocycles. The zero-order valence-electron chi connectivity index (χ0n) is 14.2. The molecule has 1 atom stereocenters. The Hall–Kier alpha value is -3.28. The molecule has 2 aliphatic heterocycles. The largest absolute Gasteiger partial charge is 0.454 e. The van der Waals surface area contributed by atoms with Gasteiger partial charge in [-0.05, 0) is 24.1 Å². The summed E-state index contributed by atoms with van der Waals surface area (Å²) in [6, 6.07) is 12.1. The Balaban J connectivity index is 1.63. The third-order valence-corrected chi connectivity index (χ3v) is 4.97. The lowest BCUT2D eigenvalue weighted by atomic mass is 9.83. The van der Waals surface area contributed by atoms with Crippen LogP contribution in [0.15, 0.2) is 42.6 Å². The highest BCUT2D eigenvalue weighted by molar-refractivity contribution is 5.96. The summed E-state index contributed by atoms with van der Waals surface area (Å²) in [6.07, 6.45) is 2.18. The molecule has 5 rings (SSSR count). The maximum atomic E-state index is 12.3. The molecule has 130 valence electrons. The fourth-order valence-electron chi connectivity index (χ4n) is 3.64. The van der Waals surface area contributed by atoms with Crippen molar-refractivity contribution in [2.45, 2.75) is 19.3 Å². The molecule has 0 radical (unpaired) electrons. The maximum absolute atomic E-state index is 12.3. The Labute approximate surface area is 150 Å². The molecule has 2 aliphatic rings. The van der Waals surface area contributed by atoms with E-state index in [0.717, 1.165) is 28.1 Å². The Morgan fingerprint density at radius 2 is 1.85 bits per heavy atom. The van der Waals surface area contributed by atoms with Gasteiger partial charge in [-0.3, -0.25) is 9.89 Å². The van der Waals surface area contributed by atoms with Crippen molar-refractivity contribution < 1.29 is 14.3 Å². The second kappa shape index (κ2) is 5.62. The number of fused-ring (bicyclic) bond motifs is 2. The summed E-state index contributed by atoms with van der Waals surface area (Å²) in [7, 11) is 0. The number of carbonyl (C=O) groups excluding carboxylic acids is 1. The fraction of sp³-hybridized carbons (Fsp3) is 0.200. The van der Waals surface area contributed by atoms with Gasteiger partial charge in [-0.25, -0.2) is 0 Å². The molecular weight excluding hydrogens is 330 g/mol. The van der Waals surface area contributed by atoms with Crippen LogP contribution in [-0.2, 0) is 4.79 Å². The predicted octanol–water partition coefficient (Wildman–Crippen LogP) is 3.59. The number of hydrogen-bond acceptors (Lipinski definition) is 4. The SMILES string of the molecule is Cc1ccc(-c2[nH]ncc2C2CC(=O)Nc3cc4c(cc32)OCO4)cc1. The topological polar surface area (TPSA) is 76.2 Å². The van der Waals surface area contributed by atoms with Crippen molar-refractivity contribution >= 4 is 11.6 Å². The molecule has 6 nitrogen and oxygen atoms in total. The van der Waals surface area contributed by atoms with Crippen molar-refractivity contribution in [2.75, 3.05) is 12.1 Å². The second-order valence-electron chi connectivity index (χ2n) is 6.66. The van der Waals surface area contributed by atoms with Crippen LogP contribution >= 0.6 is 0 Å². The van der Waals surface area contributed by atoms with Crippen LogP contribution in [0.3, 0.4) is 0 Å². The van der Waals surface area contributed by atoms with Gasteiger partial charge in [-0.2, -0.15) is 5.10 Å². The van der Waals surface area contributed by atoms with E-state index >= 15 is 0 Å².